The number of amides is 1. The lowest BCUT2D eigenvalue weighted by Gasteiger charge is -2.13. The van der Waals surface area contributed by atoms with Crippen molar-refractivity contribution in [1.29, 1.82) is 0 Å². The third-order valence-electron chi connectivity index (χ3n) is 3.79. The molecule has 3 aromatic rings. The van der Waals surface area contributed by atoms with Crippen LogP contribution in [0.2, 0.25) is 5.02 Å². The van der Waals surface area contributed by atoms with Gasteiger partial charge in [0.1, 0.15) is 0 Å². The lowest BCUT2D eigenvalue weighted by Crippen LogP contribution is -2.21. The smallest absolute Gasteiger partial charge is 0.322 e. The normalized spacial score (nSPS) is 11.5. The topological polar surface area (TPSA) is 46.9 Å². The summed E-state index contributed by atoms with van der Waals surface area (Å²) in [6, 6.07) is 10.7. The number of aryl methyl sites for hydroxylation is 1. The van der Waals surface area contributed by atoms with Crippen molar-refractivity contribution >= 4 is 39.1 Å². The number of nitrogens with zero attached hydrogens (tertiary/aromatic N) is 2. The zero-order chi connectivity index (χ0) is 19.8. The number of nitrogens with one attached hydrogen (secondary N) is 1. The number of carbonyl (C=O) groups excluding carboxylic acids is 1. The fourth-order valence-corrected chi connectivity index (χ4v) is 3.12. The third-order valence-corrected chi connectivity index (χ3v) is 4.54. The van der Waals surface area contributed by atoms with Crippen molar-refractivity contribution in [1.82, 2.24) is 9.78 Å². The average Bonchev–Trinajstić information content (AvgIpc) is 3.03. The molecule has 0 bridgehead atoms. The molecule has 140 valence electrons. The van der Waals surface area contributed by atoms with Gasteiger partial charge in [0.15, 0.2) is 5.69 Å². The molecule has 0 saturated heterocycles. The summed E-state index contributed by atoms with van der Waals surface area (Å²) in [6.45, 7) is 1.74. The van der Waals surface area contributed by atoms with Gasteiger partial charge in [0, 0.05) is 15.2 Å². The van der Waals surface area contributed by atoms with Gasteiger partial charge in [0.2, 0.25) is 0 Å². The Hall–Kier alpha value is -2.32. The Morgan fingerprint density at radius 3 is 2.44 bits per heavy atom. The average molecular weight is 459 g/mol. The molecular weight excluding hydrogens is 447 g/mol. The molecule has 0 radical (unpaired) electrons. The maximum absolute atomic E-state index is 13.7. The van der Waals surface area contributed by atoms with Crippen LogP contribution < -0.4 is 5.32 Å². The quantitative estimate of drug-likeness (QED) is 0.534. The SMILES string of the molecule is Cc1cc(Br)ccc1NC(=O)c1cnn(-c2ccc(Cl)cc2)c1C(F)(F)F. The highest BCUT2D eigenvalue weighted by molar-refractivity contribution is 9.10. The van der Waals surface area contributed by atoms with Crippen LogP contribution in [0.25, 0.3) is 5.69 Å². The van der Waals surface area contributed by atoms with Gasteiger partial charge in [0.05, 0.1) is 17.4 Å². The molecule has 0 aliphatic heterocycles. The summed E-state index contributed by atoms with van der Waals surface area (Å²) in [4.78, 5) is 12.5. The van der Waals surface area contributed by atoms with Crippen LogP contribution in [-0.2, 0) is 6.18 Å². The first-order valence-electron chi connectivity index (χ1n) is 7.65. The molecule has 0 atom stereocenters. The van der Waals surface area contributed by atoms with Crippen LogP contribution in [0, 0.1) is 6.92 Å². The van der Waals surface area contributed by atoms with Crippen molar-refractivity contribution in [2.75, 3.05) is 5.32 Å². The highest BCUT2D eigenvalue weighted by atomic mass is 79.9. The lowest BCUT2D eigenvalue weighted by atomic mass is 10.1. The number of halogens is 5. The second kappa shape index (κ2) is 7.36. The van der Waals surface area contributed by atoms with E-state index in [0.29, 0.717) is 21.0 Å². The van der Waals surface area contributed by atoms with E-state index in [9.17, 15) is 18.0 Å². The Labute approximate surface area is 166 Å². The van der Waals surface area contributed by atoms with E-state index in [2.05, 4.69) is 26.3 Å². The van der Waals surface area contributed by atoms with Crippen molar-refractivity contribution in [3.63, 3.8) is 0 Å². The minimum Gasteiger partial charge on any atom is -0.322 e. The molecule has 1 aromatic heterocycles. The number of hydrogen-bond donors (Lipinski definition) is 1. The van der Waals surface area contributed by atoms with E-state index < -0.39 is 23.3 Å². The molecule has 3 rings (SSSR count). The summed E-state index contributed by atoms with van der Waals surface area (Å²) < 4.78 is 42.5. The zero-order valence-electron chi connectivity index (χ0n) is 13.8. The molecule has 4 nitrogen and oxygen atoms in total. The molecule has 0 spiro atoms. The van der Waals surface area contributed by atoms with Crippen molar-refractivity contribution < 1.29 is 18.0 Å². The highest BCUT2D eigenvalue weighted by Gasteiger charge is 2.40. The molecule has 1 amide bonds. The summed E-state index contributed by atoms with van der Waals surface area (Å²) in [5, 5.41) is 6.65. The van der Waals surface area contributed by atoms with Gasteiger partial charge in [-0.2, -0.15) is 18.3 Å². The minimum absolute atomic E-state index is 0.144. The van der Waals surface area contributed by atoms with E-state index >= 15 is 0 Å². The first-order valence-corrected chi connectivity index (χ1v) is 8.82. The van der Waals surface area contributed by atoms with Gasteiger partial charge in [-0.15, -0.1) is 0 Å². The number of anilines is 1. The molecule has 0 fully saturated rings. The first kappa shape index (κ1) is 19.4. The van der Waals surface area contributed by atoms with Crippen LogP contribution in [0.15, 0.2) is 53.1 Å². The molecule has 1 N–H and O–H groups in total. The summed E-state index contributed by atoms with van der Waals surface area (Å²) in [5.41, 5.74) is -0.464. The summed E-state index contributed by atoms with van der Waals surface area (Å²) in [6.07, 6.45) is -3.88. The Kier molecular flexibility index (Phi) is 5.30. The van der Waals surface area contributed by atoms with Crippen molar-refractivity contribution in [2.45, 2.75) is 13.1 Å². The Bertz CT molecular complexity index is 1000. The molecule has 0 unspecified atom stereocenters. The minimum atomic E-state index is -4.78. The fraction of sp³-hybridized carbons (Fsp3) is 0.111. The number of hydrogen-bond acceptors (Lipinski definition) is 2. The number of aromatic nitrogens is 2. The zero-order valence-corrected chi connectivity index (χ0v) is 16.2. The number of alkyl halides is 3. The largest absolute Gasteiger partial charge is 0.434 e. The predicted octanol–water partition coefficient (Wildman–Crippen LogP) is 5.87. The predicted molar refractivity (Wildman–Crippen MR) is 100 cm³/mol. The van der Waals surface area contributed by atoms with E-state index in [-0.39, 0.29) is 5.69 Å². The Morgan fingerprint density at radius 1 is 1.19 bits per heavy atom. The van der Waals surface area contributed by atoms with Crippen LogP contribution in [0.4, 0.5) is 18.9 Å². The van der Waals surface area contributed by atoms with Gasteiger partial charge in [-0.1, -0.05) is 27.5 Å². The first-order chi connectivity index (χ1) is 12.7. The molecular formula is C18H12BrClF3N3O. The van der Waals surface area contributed by atoms with Gasteiger partial charge < -0.3 is 5.32 Å². The molecule has 0 aliphatic carbocycles. The van der Waals surface area contributed by atoms with Gasteiger partial charge in [-0.25, -0.2) is 4.68 Å². The number of rotatable bonds is 3. The van der Waals surface area contributed by atoms with Crippen LogP contribution in [0.1, 0.15) is 21.6 Å². The Morgan fingerprint density at radius 2 is 1.85 bits per heavy atom. The van der Waals surface area contributed by atoms with Gasteiger partial charge >= 0.3 is 6.18 Å². The molecule has 9 heteroatoms. The van der Waals surface area contributed by atoms with E-state index in [0.717, 1.165) is 10.7 Å². The van der Waals surface area contributed by atoms with Crippen LogP contribution in [0.5, 0.6) is 0 Å². The van der Waals surface area contributed by atoms with E-state index in [1.165, 1.54) is 24.3 Å². The van der Waals surface area contributed by atoms with Gasteiger partial charge in [-0.05, 0) is 55.0 Å². The fourth-order valence-electron chi connectivity index (χ4n) is 2.52. The number of carbonyl (C=O) groups is 1. The van der Waals surface area contributed by atoms with Crippen molar-refractivity contribution in [3.05, 3.63) is 75.0 Å². The summed E-state index contributed by atoms with van der Waals surface area (Å²) in [7, 11) is 0. The molecule has 0 saturated carbocycles. The van der Waals surface area contributed by atoms with E-state index in [1.54, 1.807) is 25.1 Å². The van der Waals surface area contributed by atoms with Crippen molar-refractivity contribution in [3.8, 4) is 5.69 Å². The summed E-state index contributed by atoms with van der Waals surface area (Å²) in [5.74, 6) is -0.895. The van der Waals surface area contributed by atoms with Crippen LogP contribution in [0.3, 0.4) is 0 Å². The lowest BCUT2D eigenvalue weighted by molar-refractivity contribution is -0.143. The molecule has 0 aliphatic rings. The second-order valence-corrected chi connectivity index (χ2v) is 7.06. The van der Waals surface area contributed by atoms with Crippen LogP contribution >= 0.6 is 27.5 Å². The van der Waals surface area contributed by atoms with E-state index in [1.807, 2.05) is 0 Å². The Balaban J connectivity index is 2.02. The third kappa shape index (κ3) is 4.17. The molecule has 2 aromatic carbocycles. The van der Waals surface area contributed by atoms with Gasteiger partial charge in [-0.3, -0.25) is 4.79 Å². The maximum Gasteiger partial charge on any atom is 0.434 e. The highest BCUT2D eigenvalue weighted by Crippen LogP contribution is 2.34. The van der Waals surface area contributed by atoms with Crippen molar-refractivity contribution in [2.24, 2.45) is 0 Å². The monoisotopic (exact) mass is 457 g/mol. The molecule has 27 heavy (non-hydrogen) atoms. The van der Waals surface area contributed by atoms with Gasteiger partial charge in [0.25, 0.3) is 5.91 Å². The van der Waals surface area contributed by atoms with E-state index in [4.69, 9.17) is 11.6 Å². The molecule has 1 heterocycles. The maximum atomic E-state index is 13.7. The number of benzene rings is 2. The second-order valence-electron chi connectivity index (χ2n) is 5.71. The summed E-state index contributed by atoms with van der Waals surface area (Å²) >= 11 is 9.08. The van der Waals surface area contributed by atoms with Crippen LogP contribution in [-0.4, -0.2) is 15.7 Å². The standard InChI is InChI=1S/C18H12BrClF3N3O/c1-10-8-11(19)2-7-15(10)25-17(27)14-9-24-26(16(14)18(21,22)23)13-5-3-12(20)4-6-13/h2-9H,1H3,(H,25,27).